The van der Waals surface area contributed by atoms with Crippen molar-refractivity contribution in [2.75, 3.05) is 0 Å². The quantitative estimate of drug-likeness (QED) is 0.282. The Bertz CT molecular complexity index is 1090. The zero-order valence-electron chi connectivity index (χ0n) is 16.6. The van der Waals surface area contributed by atoms with Gasteiger partial charge in [0.15, 0.2) is 17.5 Å². The highest BCUT2D eigenvalue weighted by molar-refractivity contribution is 5.64. The number of alkyl halides is 2. The second kappa shape index (κ2) is 8.48. The molecule has 0 heterocycles. The van der Waals surface area contributed by atoms with Gasteiger partial charge in [0.2, 0.25) is 0 Å². The summed E-state index contributed by atoms with van der Waals surface area (Å²) in [5.41, 5.74) is -0.143. The highest BCUT2D eigenvalue weighted by Crippen LogP contribution is 2.38. The fraction of sp³-hybridized carbons (Fsp3) is 0.250. The molecule has 32 heavy (non-hydrogen) atoms. The standard InChI is InChI=1S/C24H17F7O/c25-18-9-16(15-7-5-14(6-8-15)13-3-1-2-4-13)10-19(26)22(18)24(30,31)32-17-11-20(27)23(29)21(28)12-17/h5-13H,1-4H2. The van der Waals surface area contributed by atoms with Gasteiger partial charge in [-0.25, -0.2) is 22.0 Å². The third-order valence-electron chi connectivity index (χ3n) is 5.61. The van der Waals surface area contributed by atoms with Gasteiger partial charge in [-0.05, 0) is 47.6 Å². The lowest BCUT2D eigenvalue weighted by Crippen LogP contribution is -2.25. The minimum atomic E-state index is -4.62. The fourth-order valence-electron chi connectivity index (χ4n) is 4.01. The van der Waals surface area contributed by atoms with E-state index in [2.05, 4.69) is 4.74 Å². The van der Waals surface area contributed by atoms with Crippen LogP contribution in [0.5, 0.6) is 5.75 Å². The van der Waals surface area contributed by atoms with Crippen molar-refractivity contribution in [3.63, 3.8) is 0 Å². The first-order valence-corrected chi connectivity index (χ1v) is 9.97. The van der Waals surface area contributed by atoms with Crippen LogP contribution in [0.15, 0.2) is 48.5 Å². The van der Waals surface area contributed by atoms with Gasteiger partial charge in [0.25, 0.3) is 0 Å². The minimum Gasteiger partial charge on any atom is -0.429 e. The second-order valence-electron chi connectivity index (χ2n) is 7.74. The van der Waals surface area contributed by atoms with Crippen LogP contribution in [0.2, 0.25) is 0 Å². The average molecular weight is 454 g/mol. The minimum absolute atomic E-state index is 0.0383. The molecule has 1 aliphatic rings. The zero-order chi connectivity index (χ0) is 23.0. The summed E-state index contributed by atoms with van der Waals surface area (Å²) < 4.78 is 102. The summed E-state index contributed by atoms with van der Waals surface area (Å²) in [5, 5.41) is 0. The molecule has 0 saturated heterocycles. The molecule has 0 N–H and O–H groups in total. The molecule has 0 spiro atoms. The van der Waals surface area contributed by atoms with Gasteiger partial charge in [0, 0.05) is 12.1 Å². The van der Waals surface area contributed by atoms with E-state index in [0.29, 0.717) is 11.5 Å². The van der Waals surface area contributed by atoms with Crippen molar-refractivity contribution in [2.45, 2.75) is 37.7 Å². The Kier molecular flexibility index (Phi) is 5.88. The first kappa shape index (κ1) is 22.2. The number of halogens is 7. The lowest BCUT2D eigenvalue weighted by atomic mass is 9.94. The van der Waals surface area contributed by atoms with Gasteiger partial charge in [-0.3, -0.25) is 0 Å². The molecule has 0 atom stereocenters. The number of rotatable bonds is 5. The van der Waals surface area contributed by atoms with E-state index >= 15 is 0 Å². The summed E-state index contributed by atoms with van der Waals surface area (Å²) in [6, 6.07) is 8.80. The molecule has 0 radical (unpaired) electrons. The van der Waals surface area contributed by atoms with E-state index < -0.39 is 46.5 Å². The van der Waals surface area contributed by atoms with Crippen LogP contribution in [0.4, 0.5) is 30.7 Å². The zero-order valence-corrected chi connectivity index (χ0v) is 16.6. The fourth-order valence-corrected chi connectivity index (χ4v) is 4.01. The summed E-state index contributed by atoms with van der Waals surface area (Å²) in [6.07, 6.45) is -0.159. The predicted molar refractivity (Wildman–Crippen MR) is 104 cm³/mol. The lowest BCUT2D eigenvalue weighted by molar-refractivity contribution is -0.189. The Balaban J connectivity index is 1.62. The van der Waals surface area contributed by atoms with Gasteiger partial charge >= 0.3 is 6.11 Å². The molecule has 3 aromatic carbocycles. The first-order chi connectivity index (χ1) is 15.2. The van der Waals surface area contributed by atoms with E-state index in [1.54, 1.807) is 12.1 Å². The summed E-state index contributed by atoms with van der Waals surface area (Å²) in [7, 11) is 0. The van der Waals surface area contributed by atoms with E-state index in [0.717, 1.165) is 43.4 Å². The topological polar surface area (TPSA) is 9.23 Å². The van der Waals surface area contributed by atoms with Crippen LogP contribution in [0.1, 0.15) is 42.7 Å². The molecule has 1 fully saturated rings. The summed E-state index contributed by atoms with van der Waals surface area (Å²) >= 11 is 0. The van der Waals surface area contributed by atoms with Crippen molar-refractivity contribution in [3.8, 4) is 16.9 Å². The normalized spacial score (nSPS) is 14.7. The van der Waals surface area contributed by atoms with Gasteiger partial charge < -0.3 is 4.74 Å². The third kappa shape index (κ3) is 4.31. The maximum atomic E-state index is 14.5. The molecular weight excluding hydrogens is 437 g/mol. The molecule has 0 unspecified atom stereocenters. The van der Waals surface area contributed by atoms with Crippen molar-refractivity contribution >= 4 is 0 Å². The van der Waals surface area contributed by atoms with Gasteiger partial charge in [0.05, 0.1) is 0 Å². The molecule has 0 amide bonds. The molecule has 1 nitrogen and oxygen atoms in total. The van der Waals surface area contributed by atoms with Crippen LogP contribution in [0.25, 0.3) is 11.1 Å². The molecule has 0 aliphatic heterocycles. The molecule has 8 heteroatoms. The molecule has 0 aromatic heterocycles. The van der Waals surface area contributed by atoms with Crippen LogP contribution in [-0.4, -0.2) is 0 Å². The Morgan fingerprint density at radius 2 is 1.22 bits per heavy atom. The Morgan fingerprint density at radius 3 is 1.75 bits per heavy atom. The third-order valence-corrected chi connectivity index (χ3v) is 5.61. The SMILES string of the molecule is Fc1cc(OC(F)(F)c2c(F)cc(-c3ccc(C4CCCC4)cc3)cc2F)cc(F)c1F. The van der Waals surface area contributed by atoms with Gasteiger partial charge in [-0.15, -0.1) is 0 Å². The van der Waals surface area contributed by atoms with Crippen molar-refractivity contribution in [3.05, 3.63) is 88.7 Å². The van der Waals surface area contributed by atoms with Crippen molar-refractivity contribution in [1.82, 2.24) is 0 Å². The average Bonchev–Trinajstić information content (AvgIpc) is 3.26. The van der Waals surface area contributed by atoms with Crippen LogP contribution in [0.3, 0.4) is 0 Å². The molecule has 1 saturated carbocycles. The van der Waals surface area contributed by atoms with Gasteiger partial charge in [0.1, 0.15) is 22.9 Å². The van der Waals surface area contributed by atoms with Gasteiger partial charge in [-0.1, -0.05) is 37.1 Å². The summed E-state index contributed by atoms with van der Waals surface area (Å²) in [4.78, 5) is 0. The first-order valence-electron chi connectivity index (χ1n) is 9.97. The van der Waals surface area contributed by atoms with Crippen molar-refractivity contribution in [1.29, 1.82) is 0 Å². The molecular formula is C24H17F7O. The Hall–Kier alpha value is -3.03. The van der Waals surface area contributed by atoms with E-state index in [9.17, 15) is 30.7 Å². The Labute approximate surface area is 179 Å². The van der Waals surface area contributed by atoms with Gasteiger partial charge in [-0.2, -0.15) is 8.78 Å². The molecule has 1 aliphatic carbocycles. The smallest absolute Gasteiger partial charge is 0.429 e. The molecule has 3 aromatic rings. The molecule has 4 rings (SSSR count). The highest BCUT2D eigenvalue weighted by Gasteiger charge is 2.41. The van der Waals surface area contributed by atoms with E-state index in [-0.39, 0.29) is 17.7 Å². The molecule has 168 valence electrons. The Morgan fingerprint density at radius 1 is 0.688 bits per heavy atom. The van der Waals surface area contributed by atoms with E-state index in [1.165, 1.54) is 0 Å². The summed E-state index contributed by atoms with van der Waals surface area (Å²) in [5.74, 6) is -9.35. The highest BCUT2D eigenvalue weighted by atomic mass is 19.3. The monoisotopic (exact) mass is 454 g/mol. The maximum absolute atomic E-state index is 14.5. The van der Waals surface area contributed by atoms with Crippen LogP contribution in [-0.2, 0) is 6.11 Å². The maximum Gasteiger partial charge on any atom is 0.432 e. The predicted octanol–water partition coefficient (Wildman–Crippen LogP) is 7.84. The van der Waals surface area contributed by atoms with Crippen LogP contribution in [0, 0.1) is 29.1 Å². The van der Waals surface area contributed by atoms with E-state index in [4.69, 9.17) is 0 Å². The summed E-state index contributed by atoms with van der Waals surface area (Å²) in [6.45, 7) is 0. The van der Waals surface area contributed by atoms with Crippen LogP contribution < -0.4 is 4.74 Å². The second-order valence-corrected chi connectivity index (χ2v) is 7.74. The van der Waals surface area contributed by atoms with Crippen molar-refractivity contribution < 1.29 is 35.5 Å². The van der Waals surface area contributed by atoms with E-state index in [1.807, 2.05) is 12.1 Å². The number of benzene rings is 3. The largest absolute Gasteiger partial charge is 0.432 e. The lowest BCUT2D eigenvalue weighted by Gasteiger charge is -2.20. The molecule has 0 bridgehead atoms. The van der Waals surface area contributed by atoms with Crippen LogP contribution >= 0.6 is 0 Å². The number of hydrogen-bond acceptors (Lipinski definition) is 1. The number of hydrogen-bond donors (Lipinski definition) is 0. The van der Waals surface area contributed by atoms with Crippen molar-refractivity contribution in [2.24, 2.45) is 0 Å². The number of ether oxygens (including phenoxy) is 1.